The minimum Gasteiger partial charge on any atom is -0.391 e. The van der Waals surface area contributed by atoms with Crippen LogP contribution in [0.25, 0.3) is 0 Å². The van der Waals surface area contributed by atoms with Gasteiger partial charge in [-0.3, -0.25) is 4.79 Å². The molecule has 5 atom stereocenters. The van der Waals surface area contributed by atoms with Crippen molar-refractivity contribution in [3.8, 4) is 0 Å². The molecule has 3 rings (SSSR count). The fourth-order valence-electron chi connectivity index (χ4n) is 4.50. The van der Waals surface area contributed by atoms with Crippen LogP contribution in [0.5, 0.6) is 0 Å². The second kappa shape index (κ2) is 4.93. The number of nitrogens with two attached hydrogens (primary N) is 1. The Labute approximate surface area is 126 Å². The van der Waals surface area contributed by atoms with Crippen molar-refractivity contribution >= 4 is 5.91 Å². The molecule has 0 bridgehead atoms. The highest BCUT2D eigenvalue weighted by Gasteiger charge is 2.70. The van der Waals surface area contributed by atoms with E-state index in [1.165, 1.54) is 0 Å². The van der Waals surface area contributed by atoms with Crippen LogP contribution in [0.2, 0.25) is 0 Å². The van der Waals surface area contributed by atoms with E-state index in [0.29, 0.717) is 13.1 Å². The molecule has 21 heavy (non-hydrogen) atoms. The second-order valence-electron chi connectivity index (χ2n) is 7.72. The van der Waals surface area contributed by atoms with Gasteiger partial charge in [0.05, 0.1) is 12.2 Å². The zero-order chi connectivity index (χ0) is 15.4. The van der Waals surface area contributed by atoms with Crippen molar-refractivity contribution in [2.75, 3.05) is 19.7 Å². The second-order valence-corrected chi connectivity index (χ2v) is 7.72. The smallest absolute Gasteiger partial charge is 0.243 e. The maximum atomic E-state index is 13.1. The lowest BCUT2D eigenvalue weighted by Crippen LogP contribution is -2.82. The van der Waals surface area contributed by atoms with Gasteiger partial charge >= 0.3 is 0 Å². The summed E-state index contributed by atoms with van der Waals surface area (Å²) >= 11 is 0. The first-order chi connectivity index (χ1) is 9.80. The number of ether oxygens (including phenoxy) is 1. The third kappa shape index (κ3) is 1.97. The molecule has 1 amide bonds. The molecule has 5 nitrogen and oxygen atoms in total. The summed E-state index contributed by atoms with van der Waals surface area (Å²) in [5.41, 5.74) is 5.44. The maximum Gasteiger partial charge on any atom is 0.243 e. The maximum absolute atomic E-state index is 13.1. The Morgan fingerprint density at radius 3 is 2.76 bits per heavy atom. The van der Waals surface area contributed by atoms with Gasteiger partial charge in [-0.15, -0.1) is 0 Å². The zero-order valence-corrected chi connectivity index (χ0v) is 13.3. The Morgan fingerprint density at radius 1 is 1.38 bits per heavy atom. The number of piperidine rings is 1. The molecule has 0 radical (unpaired) electrons. The van der Waals surface area contributed by atoms with Crippen LogP contribution < -0.4 is 5.73 Å². The van der Waals surface area contributed by atoms with Crippen molar-refractivity contribution in [2.24, 2.45) is 23.0 Å². The summed E-state index contributed by atoms with van der Waals surface area (Å²) in [6.45, 7) is 8.00. The molecule has 5 heteroatoms. The van der Waals surface area contributed by atoms with Gasteiger partial charge in [0.1, 0.15) is 5.54 Å². The fraction of sp³-hybridized carbons (Fsp3) is 0.938. The number of hydrogen-bond acceptors (Lipinski definition) is 4. The summed E-state index contributed by atoms with van der Waals surface area (Å²) in [5.74, 6) is 0.374. The molecule has 3 N–H and O–H groups in total. The van der Waals surface area contributed by atoms with Crippen LogP contribution in [0.1, 0.15) is 40.0 Å². The van der Waals surface area contributed by atoms with Crippen molar-refractivity contribution in [2.45, 2.75) is 57.8 Å². The van der Waals surface area contributed by atoms with Gasteiger partial charge in [0, 0.05) is 31.0 Å². The SMILES string of the molecule is CC1CCN(C(=O)C2(N)C3CCCOC3C2(C)C)CC1O. The fourth-order valence-corrected chi connectivity index (χ4v) is 4.50. The van der Waals surface area contributed by atoms with Gasteiger partial charge in [-0.2, -0.15) is 0 Å². The Balaban J connectivity index is 1.80. The molecule has 1 saturated carbocycles. The zero-order valence-electron chi connectivity index (χ0n) is 13.3. The first kappa shape index (κ1) is 15.3. The molecule has 0 spiro atoms. The van der Waals surface area contributed by atoms with Crippen molar-refractivity contribution in [3.05, 3.63) is 0 Å². The average Bonchev–Trinajstić information content (AvgIpc) is 2.48. The van der Waals surface area contributed by atoms with E-state index in [1.807, 2.05) is 20.8 Å². The number of β-amino-alcohol motifs (C(OH)–C–C–N with tert-alkyl or cyclic N) is 1. The molecular formula is C16H28N2O3. The first-order valence-electron chi connectivity index (χ1n) is 8.18. The molecule has 2 saturated heterocycles. The molecule has 2 heterocycles. The third-order valence-corrected chi connectivity index (χ3v) is 6.24. The van der Waals surface area contributed by atoms with Gasteiger partial charge in [0.2, 0.25) is 5.91 Å². The lowest BCUT2D eigenvalue weighted by Gasteiger charge is -2.66. The highest BCUT2D eigenvalue weighted by molar-refractivity contribution is 5.89. The minimum atomic E-state index is -0.849. The number of likely N-dealkylation sites (tertiary alicyclic amines) is 1. The predicted octanol–water partition coefficient (Wildman–Crippen LogP) is 0.748. The van der Waals surface area contributed by atoms with Crippen LogP contribution in [-0.4, -0.2) is 53.4 Å². The van der Waals surface area contributed by atoms with Crippen LogP contribution in [-0.2, 0) is 9.53 Å². The number of aliphatic hydroxyl groups excluding tert-OH is 1. The standard InChI is InChI=1S/C16H28N2O3/c1-10-6-7-18(9-12(10)19)14(20)16(17)11-5-4-8-21-13(11)15(16,2)3/h10-13,19H,4-9,17H2,1-3H3. The lowest BCUT2D eigenvalue weighted by molar-refractivity contribution is -0.231. The third-order valence-electron chi connectivity index (χ3n) is 6.24. The van der Waals surface area contributed by atoms with E-state index in [0.717, 1.165) is 25.9 Å². The van der Waals surface area contributed by atoms with Gasteiger partial charge in [-0.05, 0) is 25.2 Å². The van der Waals surface area contributed by atoms with E-state index in [4.69, 9.17) is 10.5 Å². The van der Waals surface area contributed by atoms with E-state index in [9.17, 15) is 9.90 Å². The van der Waals surface area contributed by atoms with E-state index in [2.05, 4.69) is 0 Å². The minimum absolute atomic E-state index is 0.00481. The Bertz CT molecular complexity index is 439. The van der Waals surface area contributed by atoms with E-state index in [1.54, 1.807) is 4.90 Å². The van der Waals surface area contributed by atoms with Crippen molar-refractivity contribution in [1.29, 1.82) is 0 Å². The van der Waals surface area contributed by atoms with E-state index in [-0.39, 0.29) is 29.3 Å². The summed E-state index contributed by atoms with van der Waals surface area (Å²) in [7, 11) is 0. The number of carbonyl (C=O) groups excluding carboxylic acids is 1. The number of aliphatic hydroxyl groups is 1. The number of hydrogen-bond donors (Lipinski definition) is 2. The Kier molecular flexibility index (Phi) is 3.58. The Hall–Kier alpha value is -0.650. The van der Waals surface area contributed by atoms with Crippen molar-refractivity contribution < 1.29 is 14.6 Å². The Morgan fingerprint density at radius 2 is 2.10 bits per heavy atom. The normalized spacial score (nSPS) is 45.7. The van der Waals surface area contributed by atoms with Crippen LogP contribution in [0.3, 0.4) is 0 Å². The van der Waals surface area contributed by atoms with Crippen LogP contribution >= 0.6 is 0 Å². The van der Waals surface area contributed by atoms with Gasteiger partial charge in [0.25, 0.3) is 0 Å². The largest absolute Gasteiger partial charge is 0.391 e. The molecule has 0 aromatic rings. The summed E-state index contributed by atoms with van der Waals surface area (Å²) < 4.78 is 5.86. The highest BCUT2D eigenvalue weighted by atomic mass is 16.5. The molecule has 2 aliphatic heterocycles. The molecule has 3 fully saturated rings. The van der Waals surface area contributed by atoms with E-state index >= 15 is 0 Å². The van der Waals surface area contributed by atoms with Crippen LogP contribution in [0.15, 0.2) is 0 Å². The monoisotopic (exact) mass is 296 g/mol. The number of rotatable bonds is 1. The van der Waals surface area contributed by atoms with Crippen molar-refractivity contribution in [3.63, 3.8) is 0 Å². The van der Waals surface area contributed by atoms with Gasteiger partial charge in [-0.1, -0.05) is 20.8 Å². The summed E-state index contributed by atoms with van der Waals surface area (Å²) in [4.78, 5) is 14.8. The summed E-state index contributed by atoms with van der Waals surface area (Å²) in [5, 5.41) is 10.1. The molecular weight excluding hydrogens is 268 g/mol. The molecule has 0 aromatic heterocycles. The number of nitrogens with zero attached hydrogens (tertiary/aromatic N) is 1. The number of amides is 1. The summed E-state index contributed by atoms with van der Waals surface area (Å²) in [6, 6.07) is 0. The van der Waals surface area contributed by atoms with Gasteiger partial charge in [-0.25, -0.2) is 0 Å². The average molecular weight is 296 g/mol. The number of fused-ring (bicyclic) bond motifs is 1. The lowest BCUT2D eigenvalue weighted by atomic mass is 9.46. The summed E-state index contributed by atoms with van der Waals surface area (Å²) in [6.07, 6.45) is 2.43. The van der Waals surface area contributed by atoms with Crippen LogP contribution in [0, 0.1) is 17.3 Å². The quantitative estimate of drug-likeness (QED) is 0.748. The van der Waals surface area contributed by atoms with Gasteiger partial charge < -0.3 is 20.5 Å². The molecule has 120 valence electrons. The predicted molar refractivity (Wildman–Crippen MR) is 79.5 cm³/mol. The first-order valence-corrected chi connectivity index (χ1v) is 8.18. The van der Waals surface area contributed by atoms with Crippen LogP contribution in [0.4, 0.5) is 0 Å². The van der Waals surface area contributed by atoms with Crippen molar-refractivity contribution in [1.82, 2.24) is 4.90 Å². The van der Waals surface area contributed by atoms with Gasteiger partial charge in [0.15, 0.2) is 0 Å². The molecule has 1 aliphatic carbocycles. The number of carbonyl (C=O) groups is 1. The molecule has 5 unspecified atom stereocenters. The molecule has 3 aliphatic rings. The van der Waals surface area contributed by atoms with E-state index < -0.39 is 11.6 Å². The topological polar surface area (TPSA) is 75.8 Å². The highest BCUT2D eigenvalue weighted by Crippen LogP contribution is 2.58. The molecule has 0 aromatic carbocycles.